The van der Waals surface area contributed by atoms with Gasteiger partial charge in [-0.15, -0.1) is 0 Å². The fraction of sp³-hybridized carbons (Fsp3) is 0.111. The predicted octanol–water partition coefficient (Wildman–Crippen LogP) is 4.15. The summed E-state index contributed by atoms with van der Waals surface area (Å²) in [5.74, 6) is -0.279. The number of sulfone groups is 1. The molecule has 1 heterocycles. The second kappa shape index (κ2) is 6.71. The van der Waals surface area contributed by atoms with Crippen LogP contribution in [0.3, 0.4) is 0 Å². The maximum Gasteiger partial charge on any atom is 0.257 e. The minimum Gasteiger partial charge on any atom is -0.423 e. The van der Waals surface area contributed by atoms with Crippen molar-refractivity contribution in [3.63, 3.8) is 0 Å². The molecule has 3 rings (SSSR count). The van der Waals surface area contributed by atoms with E-state index in [1.165, 1.54) is 0 Å². The first kappa shape index (κ1) is 17.2. The topological polar surface area (TPSA) is 84.0 Å². The molecule has 1 aromatic heterocycles. The van der Waals surface area contributed by atoms with Gasteiger partial charge in [-0.2, -0.15) is 10.2 Å². The highest BCUT2D eigenvalue weighted by molar-refractivity contribution is 7.90. The van der Waals surface area contributed by atoms with E-state index in [4.69, 9.17) is 16.0 Å². The molecule has 0 aliphatic heterocycles. The Morgan fingerprint density at radius 1 is 1.16 bits per heavy atom. The molecule has 0 N–H and O–H groups in total. The minimum atomic E-state index is -3.91. The van der Waals surface area contributed by atoms with E-state index in [0.717, 1.165) is 5.56 Å². The van der Waals surface area contributed by atoms with E-state index >= 15 is 0 Å². The first-order valence-corrected chi connectivity index (χ1v) is 9.38. The average molecular weight is 373 g/mol. The van der Waals surface area contributed by atoms with Crippen LogP contribution in [0.5, 0.6) is 0 Å². The van der Waals surface area contributed by atoms with Gasteiger partial charge in [0.05, 0.1) is 5.75 Å². The maximum absolute atomic E-state index is 12.7. The lowest BCUT2D eigenvalue weighted by atomic mass is 10.1. The zero-order valence-electron chi connectivity index (χ0n) is 13.2. The number of oxazole rings is 1. The van der Waals surface area contributed by atoms with E-state index in [0.29, 0.717) is 16.1 Å². The van der Waals surface area contributed by atoms with Crippen LogP contribution in [0.1, 0.15) is 16.8 Å². The first-order valence-electron chi connectivity index (χ1n) is 7.35. The highest BCUT2D eigenvalue weighted by Crippen LogP contribution is 2.28. The summed E-state index contributed by atoms with van der Waals surface area (Å²) in [6.07, 6.45) is 0. The number of aryl methyl sites for hydroxylation is 1. The smallest absolute Gasteiger partial charge is 0.257 e. The Bertz CT molecular complexity index is 1060. The molecule has 0 bridgehead atoms. The van der Waals surface area contributed by atoms with Crippen LogP contribution in [-0.2, 0) is 15.6 Å². The van der Waals surface area contributed by atoms with E-state index in [1.807, 2.05) is 19.1 Å². The number of rotatable bonds is 4. The summed E-state index contributed by atoms with van der Waals surface area (Å²) in [5, 5.41) is 9.14. The van der Waals surface area contributed by atoms with Crippen LogP contribution in [-0.4, -0.2) is 13.4 Å². The van der Waals surface area contributed by atoms with Crippen LogP contribution in [0.2, 0.25) is 5.02 Å². The molecule has 0 radical (unpaired) electrons. The number of benzene rings is 2. The van der Waals surface area contributed by atoms with Crippen molar-refractivity contribution in [3.8, 4) is 17.5 Å². The van der Waals surface area contributed by atoms with Gasteiger partial charge in [0.15, 0.2) is 5.69 Å². The predicted molar refractivity (Wildman–Crippen MR) is 93.7 cm³/mol. The lowest BCUT2D eigenvalue weighted by Gasteiger charge is -2.03. The SMILES string of the molecule is Cc1ccc(-c2nc(C#N)c(S(=O)(=O)Cc3ccccc3Cl)o2)cc1. The van der Waals surface area contributed by atoms with Gasteiger partial charge in [0.1, 0.15) is 6.07 Å². The van der Waals surface area contributed by atoms with E-state index in [9.17, 15) is 13.7 Å². The maximum atomic E-state index is 12.7. The Morgan fingerprint density at radius 3 is 2.48 bits per heavy atom. The Kier molecular flexibility index (Phi) is 4.62. The third-order valence-electron chi connectivity index (χ3n) is 3.59. The van der Waals surface area contributed by atoms with E-state index in [2.05, 4.69) is 4.98 Å². The Morgan fingerprint density at radius 2 is 1.84 bits per heavy atom. The molecule has 5 nitrogen and oxygen atoms in total. The van der Waals surface area contributed by atoms with Crippen LogP contribution in [0.4, 0.5) is 0 Å². The number of hydrogen-bond donors (Lipinski definition) is 0. The molecule has 0 aliphatic rings. The van der Waals surface area contributed by atoms with Gasteiger partial charge < -0.3 is 4.42 Å². The van der Waals surface area contributed by atoms with E-state index in [-0.39, 0.29) is 17.3 Å². The summed E-state index contributed by atoms with van der Waals surface area (Å²) >= 11 is 6.03. The molecule has 126 valence electrons. The van der Waals surface area contributed by atoms with Gasteiger partial charge in [0.25, 0.3) is 5.09 Å². The molecule has 0 spiro atoms. The quantitative estimate of drug-likeness (QED) is 0.686. The Balaban J connectivity index is 2.03. The van der Waals surface area contributed by atoms with Crippen molar-refractivity contribution >= 4 is 21.4 Å². The Hall–Kier alpha value is -2.62. The average Bonchev–Trinajstić information content (AvgIpc) is 3.03. The molecule has 0 fully saturated rings. The number of nitriles is 1. The molecule has 3 aromatic rings. The van der Waals surface area contributed by atoms with Crippen LogP contribution in [0.15, 0.2) is 58.0 Å². The van der Waals surface area contributed by atoms with Crippen molar-refractivity contribution in [2.24, 2.45) is 0 Å². The second-order valence-electron chi connectivity index (χ2n) is 5.48. The van der Waals surface area contributed by atoms with Crippen molar-refractivity contribution in [2.75, 3.05) is 0 Å². The minimum absolute atomic E-state index is 0.0919. The summed E-state index contributed by atoms with van der Waals surface area (Å²) in [6, 6.07) is 15.6. The van der Waals surface area contributed by atoms with Crippen molar-refractivity contribution in [1.82, 2.24) is 4.98 Å². The fourth-order valence-electron chi connectivity index (χ4n) is 2.29. The summed E-state index contributed by atoms with van der Waals surface area (Å²) in [6.45, 7) is 1.93. The fourth-order valence-corrected chi connectivity index (χ4v) is 3.96. The largest absolute Gasteiger partial charge is 0.423 e. The third-order valence-corrected chi connectivity index (χ3v) is 5.49. The monoisotopic (exact) mass is 372 g/mol. The first-order chi connectivity index (χ1) is 11.9. The van der Waals surface area contributed by atoms with Gasteiger partial charge in [0, 0.05) is 10.6 Å². The summed E-state index contributed by atoms with van der Waals surface area (Å²) < 4.78 is 30.8. The van der Waals surface area contributed by atoms with Gasteiger partial charge in [-0.05, 0) is 30.7 Å². The Labute approximate surface area is 150 Å². The summed E-state index contributed by atoms with van der Waals surface area (Å²) in [7, 11) is -3.91. The standard InChI is InChI=1S/C18H13ClN2O3S/c1-12-6-8-13(9-7-12)17-21-16(10-20)18(24-17)25(22,23)11-14-4-2-3-5-15(14)19/h2-9H,11H2,1H3. The number of hydrogen-bond acceptors (Lipinski definition) is 5. The zero-order chi connectivity index (χ0) is 18.0. The molecule has 0 unspecified atom stereocenters. The molecular formula is C18H13ClN2O3S. The van der Waals surface area contributed by atoms with Crippen LogP contribution in [0.25, 0.3) is 11.5 Å². The molecule has 7 heteroatoms. The molecule has 2 aromatic carbocycles. The number of halogens is 1. The lowest BCUT2D eigenvalue weighted by molar-refractivity contribution is 0.457. The molecule has 0 atom stereocenters. The normalized spacial score (nSPS) is 11.2. The molecule has 25 heavy (non-hydrogen) atoms. The van der Waals surface area contributed by atoms with Crippen molar-refractivity contribution in [3.05, 3.63) is 70.4 Å². The summed E-state index contributed by atoms with van der Waals surface area (Å²) in [4.78, 5) is 4.02. The third kappa shape index (κ3) is 3.58. The molecule has 0 aliphatic carbocycles. The lowest BCUT2D eigenvalue weighted by Crippen LogP contribution is -2.06. The molecule has 0 saturated heterocycles. The van der Waals surface area contributed by atoms with Gasteiger partial charge in [-0.1, -0.05) is 47.5 Å². The van der Waals surface area contributed by atoms with Crippen LogP contribution >= 0.6 is 11.6 Å². The summed E-state index contributed by atoms with van der Waals surface area (Å²) in [5.41, 5.74) is 1.81. The number of nitrogens with zero attached hydrogens (tertiary/aromatic N) is 2. The van der Waals surface area contributed by atoms with Crippen molar-refractivity contribution in [1.29, 1.82) is 5.26 Å². The van der Waals surface area contributed by atoms with Crippen LogP contribution < -0.4 is 0 Å². The highest BCUT2D eigenvalue weighted by atomic mass is 35.5. The van der Waals surface area contributed by atoms with Gasteiger partial charge >= 0.3 is 0 Å². The molecular weight excluding hydrogens is 360 g/mol. The van der Waals surface area contributed by atoms with Gasteiger partial charge in [0.2, 0.25) is 15.7 Å². The zero-order valence-corrected chi connectivity index (χ0v) is 14.8. The van der Waals surface area contributed by atoms with Gasteiger partial charge in [-0.25, -0.2) is 8.42 Å². The number of aromatic nitrogens is 1. The second-order valence-corrected chi connectivity index (χ2v) is 7.78. The van der Waals surface area contributed by atoms with E-state index < -0.39 is 14.9 Å². The van der Waals surface area contributed by atoms with E-state index in [1.54, 1.807) is 42.5 Å². The van der Waals surface area contributed by atoms with Crippen molar-refractivity contribution < 1.29 is 12.8 Å². The molecule has 0 amide bonds. The van der Waals surface area contributed by atoms with Crippen molar-refractivity contribution in [2.45, 2.75) is 17.8 Å². The highest BCUT2D eigenvalue weighted by Gasteiger charge is 2.28. The van der Waals surface area contributed by atoms with Gasteiger partial charge in [-0.3, -0.25) is 0 Å². The molecule has 0 saturated carbocycles. The van der Waals surface area contributed by atoms with Crippen LogP contribution in [0, 0.1) is 18.3 Å².